The van der Waals surface area contributed by atoms with Crippen molar-refractivity contribution in [3.05, 3.63) is 53.1 Å². The highest BCUT2D eigenvalue weighted by atomic mass is 16.6. The number of nitrogens with one attached hydrogen (secondary N) is 2. The number of carbonyl (C=O) groups excluding carboxylic acids is 4. The van der Waals surface area contributed by atoms with Crippen LogP contribution in [0.2, 0.25) is 0 Å². The molecule has 66 heavy (non-hydrogen) atoms. The molecule has 2 fully saturated rings. The lowest BCUT2D eigenvalue weighted by atomic mass is 9.67. The zero-order chi connectivity index (χ0) is 48.6. The van der Waals surface area contributed by atoms with Crippen molar-refractivity contribution < 1.29 is 38.1 Å². The summed E-state index contributed by atoms with van der Waals surface area (Å²) in [6.07, 6.45) is -0.538. The Labute approximate surface area is 390 Å². The Balaban J connectivity index is 0.000000196. The van der Waals surface area contributed by atoms with Crippen LogP contribution in [0, 0.1) is 10.8 Å². The lowest BCUT2D eigenvalue weighted by Gasteiger charge is -2.52. The molecular weight excluding hydrogens is 841 g/mol. The molecule has 0 bridgehead atoms. The lowest BCUT2D eigenvalue weighted by Crippen LogP contribution is -2.60. The molecule has 0 radical (unpaired) electrons. The minimum atomic E-state index is -0.517. The van der Waals surface area contributed by atoms with Gasteiger partial charge in [0.1, 0.15) is 48.0 Å². The maximum Gasteiger partial charge on any atom is 0.410 e. The molecule has 2 saturated heterocycles. The molecule has 0 aliphatic carbocycles. The monoisotopic (exact) mass is 911 g/mol. The normalized spacial score (nSPS) is 22.2. The third-order valence-corrected chi connectivity index (χ3v) is 13.8. The number of carbonyl (C=O) groups is 4. The molecule has 6 aliphatic heterocycles. The number of nitrogens with zero attached hydrogens (tertiary/aromatic N) is 6. The van der Waals surface area contributed by atoms with Crippen molar-refractivity contribution in [1.29, 1.82) is 0 Å². The molecule has 16 heteroatoms. The summed E-state index contributed by atoms with van der Waals surface area (Å²) in [7, 11) is 0. The predicted octanol–water partition coefficient (Wildman–Crippen LogP) is 8.31. The van der Waals surface area contributed by atoms with Crippen LogP contribution in [0.25, 0.3) is 5.57 Å². The van der Waals surface area contributed by atoms with Crippen molar-refractivity contribution in [2.45, 2.75) is 145 Å². The van der Waals surface area contributed by atoms with Gasteiger partial charge in [-0.15, -0.1) is 0 Å². The number of fused-ring (bicyclic) bond motifs is 6. The van der Waals surface area contributed by atoms with E-state index in [0.717, 1.165) is 39.6 Å². The molecule has 8 rings (SSSR count). The van der Waals surface area contributed by atoms with E-state index in [9.17, 15) is 19.2 Å². The first-order valence-corrected chi connectivity index (χ1v) is 23.2. The van der Waals surface area contributed by atoms with Crippen LogP contribution < -0.4 is 30.1 Å². The van der Waals surface area contributed by atoms with Crippen molar-refractivity contribution >= 4 is 52.6 Å². The molecule has 6 aliphatic rings. The lowest BCUT2D eigenvalue weighted by molar-refractivity contribution is -0.123. The zero-order valence-corrected chi connectivity index (χ0v) is 41.6. The quantitative estimate of drug-likeness (QED) is 0.288. The van der Waals surface area contributed by atoms with E-state index >= 15 is 0 Å². The first-order chi connectivity index (χ1) is 30.6. The third kappa shape index (κ3) is 9.16. The van der Waals surface area contributed by atoms with E-state index in [1.54, 1.807) is 9.80 Å². The van der Waals surface area contributed by atoms with Gasteiger partial charge in [0.2, 0.25) is 0 Å². The number of rotatable bonds is 6. The van der Waals surface area contributed by atoms with Crippen LogP contribution in [0.4, 0.5) is 21.0 Å². The molecule has 2 aromatic rings. The Kier molecular flexibility index (Phi) is 12.5. The second kappa shape index (κ2) is 17.1. The van der Waals surface area contributed by atoms with Crippen LogP contribution >= 0.6 is 0 Å². The first-order valence-electron chi connectivity index (χ1n) is 23.2. The molecule has 4 atom stereocenters. The van der Waals surface area contributed by atoms with Gasteiger partial charge in [-0.25, -0.2) is 20.4 Å². The van der Waals surface area contributed by atoms with Gasteiger partial charge in [-0.05, 0) is 127 Å². The number of hydrogen-bond acceptors (Lipinski definition) is 12. The van der Waals surface area contributed by atoms with Gasteiger partial charge in [-0.3, -0.25) is 9.59 Å². The van der Waals surface area contributed by atoms with Crippen LogP contribution in [-0.4, -0.2) is 108 Å². The average molecular weight is 911 g/mol. The molecule has 16 nitrogen and oxygen atoms in total. The number of amides is 4. The summed E-state index contributed by atoms with van der Waals surface area (Å²) in [4.78, 5) is 57.1. The standard InChI is InChI=1S/C25H36N4O4.C25H34N4O4/c2*1-14(2)17-10-20-19(29-16(4)22(30)27-26-21(29)11-32-20)9-18(17)15(3)25(8)12-28(13-25)23(31)33-24(5,6)7/h9-10,14-16H,11-13H2,1-8H3,(H,27,30);9-10,15-16H,1,11-13H2,2-8H3,(H,27,30)/t2*15-,16-/m11/s1. The highest BCUT2D eigenvalue weighted by Crippen LogP contribution is 2.50. The van der Waals surface area contributed by atoms with Gasteiger partial charge < -0.3 is 38.5 Å². The van der Waals surface area contributed by atoms with Gasteiger partial charge in [-0.2, -0.15) is 10.2 Å². The molecule has 4 amide bonds. The molecular formula is C50H70N8O8. The Bertz CT molecular complexity index is 2380. The minimum absolute atomic E-state index is 0.0773. The van der Waals surface area contributed by atoms with Crippen molar-refractivity contribution in [1.82, 2.24) is 20.7 Å². The summed E-state index contributed by atoms with van der Waals surface area (Å²) in [6.45, 7) is 37.5. The fraction of sp³-hybridized carbons (Fsp3) is 0.600. The number of anilines is 2. The molecule has 0 aromatic heterocycles. The van der Waals surface area contributed by atoms with Crippen molar-refractivity contribution in [2.24, 2.45) is 21.0 Å². The van der Waals surface area contributed by atoms with E-state index in [4.69, 9.17) is 18.9 Å². The molecule has 358 valence electrons. The Morgan fingerprint density at radius 3 is 1.48 bits per heavy atom. The Morgan fingerprint density at radius 1 is 0.697 bits per heavy atom. The van der Waals surface area contributed by atoms with Gasteiger partial charge in [0.25, 0.3) is 11.8 Å². The topological polar surface area (TPSA) is 167 Å². The number of amidine groups is 2. The third-order valence-electron chi connectivity index (χ3n) is 13.8. The summed E-state index contributed by atoms with van der Waals surface area (Å²) in [5.41, 5.74) is 11.2. The van der Waals surface area contributed by atoms with E-state index < -0.39 is 11.2 Å². The number of ether oxygens (including phenoxy) is 4. The van der Waals surface area contributed by atoms with Gasteiger partial charge in [0.05, 0.1) is 11.4 Å². The molecule has 0 unspecified atom stereocenters. The fourth-order valence-corrected chi connectivity index (χ4v) is 9.66. The highest BCUT2D eigenvalue weighted by molar-refractivity contribution is 6.10. The number of likely N-dealkylation sites (tertiary alicyclic amines) is 2. The summed E-state index contributed by atoms with van der Waals surface area (Å²) in [5.74, 6) is 3.23. The van der Waals surface area contributed by atoms with Crippen LogP contribution in [0.5, 0.6) is 11.5 Å². The molecule has 2 N–H and O–H groups in total. The van der Waals surface area contributed by atoms with Crippen molar-refractivity contribution in [3.63, 3.8) is 0 Å². The van der Waals surface area contributed by atoms with E-state index in [0.29, 0.717) is 57.0 Å². The summed E-state index contributed by atoms with van der Waals surface area (Å²) in [5, 5.41) is 8.40. The molecule has 2 aromatic carbocycles. The number of benzene rings is 2. The summed E-state index contributed by atoms with van der Waals surface area (Å²) >= 11 is 0. The van der Waals surface area contributed by atoms with Crippen molar-refractivity contribution in [2.75, 3.05) is 49.2 Å². The summed E-state index contributed by atoms with van der Waals surface area (Å²) in [6, 6.07) is 7.66. The van der Waals surface area contributed by atoms with Gasteiger partial charge in [-0.1, -0.05) is 53.7 Å². The number of hydrogen-bond donors (Lipinski definition) is 2. The van der Waals surface area contributed by atoms with Gasteiger partial charge in [0, 0.05) is 37.0 Å². The van der Waals surface area contributed by atoms with Gasteiger partial charge >= 0.3 is 12.2 Å². The largest absolute Gasteiger partial charge is 0.483 e. The minimum Gasteiger partial charge on any atom is -0.483 e. The zero-order valence-electron chi connectivity index (χ0n) is 41.6. The SMILES string of the molecule is C=C(C)c1cc2c(cc1[C@@H](C)C1(C)CN(C(=O)OC(C)(C)C)C1)N1C(=NNC(=O)[C@H]1C)CO2.CC(C)c1cc2c(cc1[C@@H](C)C1(C)CN(C(=O)OC(C)(C)C)C1)N1C(=NNC(=O)[C@H]1C)CO2. The first kappa shape index (κ1) is 48.1. The van der Waals surface area contributed by atoms with E-state index in [-0.39, 0.29) is 58.8 Å². The van der Waals surface area contributed by atoms with E-state index in [1.807, 2.05) is 78.2 Å². The maximum absolute atomic E-state index is 12.5. The highest BCUT2D eigenvalue weighted by Gasteiger charge is 2.50. The second-order valence-corrected chi connectivity index (χ2v) is 21.9. The average Bonchev–Trinajstić information content (AvgIpc) is 3.20. The molecule has 6 heterocycles. The second-order valence-electron chi connectivity index (χ2n) is 21.9. The van der Waals surface area contributed by atoms with Crippen LogP contribution in [0.1, 0.15) is 144 Å². The van der Waals surface area contributed by atoms with Crippen LogP contribution in [0.3, 0.4) is 0 Å². The fourth-order valence-electron chi connectivity index (χ4n) is 9.66. The predicted molar refractivity (Wildman–Crippen MR) is 256 cm³/mol. The van der Waals surface area contributed by atoms with Gasteiger partial charge in [0.15, 0.2) is 11.7 Å². The smallest absolute Gasteiger partial charge is 0.410 e. The molecule has 0 spiro atoms. The number of hydrazone groups is 2. The number of allylic oxidation sites excluding steroid dienone is 1. The Hall–Kier alpha value is -5.80. The van der Waals surface area contributed by atoms with Crippen LogP contribution in [-0.2, 0) is 19.1 Å². The molecule has 0 saturated carbocycles. The summed E-state index contributed by atoms with van der Waals surface area (Å²) < 4.78 is 23.1. The van der Waals surface area contributed by atoms with Crippen molar-refractivity contribution in [3.8, 4) is 11.5 Å². The maximum atomic E-state index is 12.5. The van der Waals surface area contributed by atoms with Crippen LogP contribution in [0.15, 0.2) is 41.0 Å². The Morgan fingerprint density at radius 2 is 1.09 bits per heavy atom. The van der Waals surface area contributed by atoms with E-state index in [2.05, 4.69) is 87.4 Å². The van der Waals surface area contributed by atoms with E-state index in [1.165, 1.54) is 11.1 Å².